The fraction of sp³-hybridized carbons (Fsp3) is 0.231. The summed E-state index contributed by atoms with van der Waals surface area (Å²) >= 11 is 0. The third-order valence-electron chi connectivity index (χ3n) is 6.07. The average molecular weight is 607 g/mol. The molecule has 0 amide bonds. The monoisotopic (exact) mass is 606 g/mol. The first-order valence-corrected chi connectivity index (χ1v) is 15.1. The molecular formula is C26H24F2N12S2. The van der Waals surface area contributed by atoms with Gasteiger partial charge in [0.15, 0.2) is 0 Å². The van der Waals surface area contributed by atoms with Crippen LogP contribution in [-0.2, 0) is 0 Å². The molecule has 0 atom stereocenters. The normalized spacial score (nSPS) is 11.7. The molecule has 6 aromatic rings. The second kappa shape index (κ2) is 11.4. The quantitative estimate of drug-likeness (QED) is 0.192. The SMILES string of the molecule is CC(C)n1nnc(-c2cnn(-c3ccccc3F)c2SSc2c(-c3nnn(C(C)C)n3)cnn2-c2ccccc2F)n1. The molecule has 4 heterocycles. The molecule has 16 heteroatoms. The lowest BCUT2D eigenvalue weighted by atomic mass is 10.3. The first kappa shape index (κ1) is 27.7. The van der Waals surface area contributed by atoms with Gasteiger partial charge in [-0.15, -0.1) is 20.4 Å². The van der Waals surface area contributed by atoms with Crippen molar-refractivity contribution in [3.8, 4) is 34.2 Å². The highest BCUT2D eigenvalue weighted by Crippen LogP contribution is 2.46. The lowest BCUT2D eigenvalue weighted by molar-refractivity contribution is 0.455. The molecule has 0 saturated heterocycles. The van der Waals surface area contributed by atoms with Crippen LogP contribution < -0.4 is 0 Å². The first-order chi connectivity index (χ1) is 20.3. The molecule has 2 aromatic carbocycles. The van der Waals surface area contributed by atoms with Gasteiger partial charge in [-0.3, -0.25) is 0 Å². The first-order valence-electron chi connectivity index (χ1n) is 12.9. The molecule has 0 unspecified atom stereocenters. The predicted octanol–water partition coefficient (Wildman–Crippen LogP) is 5.60. The van der Waals surface area contributed by atoms with E-state index >= 15 is 0 Å². The number of hydrogen-bond donors (Lipinski definition) is 0. The predicted molar refractivity (Wildman–Crippen MR) is 153 cm³/mol. The van der Waals surface area contributed by atoms with Crippen molar-refractivity contribution in [2.45, 2.75) is 49.8 Å². The van der Waals surface area contributed by atoms with E-state index in [-0.39, 0.29) is 23.5 Å². The van der Waals surface area contributed by atoms with E-state index < -0.39 is 11.6 Å². The standard InChI is InChI=1S/C26H24F2N12S2/c1-15(2)39-33-23(31-35-39)17-13-29-37(21-11-7-5-9-19(21)27)25(17)41-42-26-18(24-32-36-40(34-24)16(3)4)14-30-38(26)22-12-8-6-10-20(22)28/h5-16H,1-4H3. The summed E-state index contributed by atoms with van der Waals surface area (Å²) in [5, 5.41) is 35.7. The Hall–Kier alpha value is -4.44. The highest BCUT2D eigenvalue weighted by Gasteiger charge is 2.25. The van der Waals surface area contributed by atoms with Gasteiger partial charge in [0.1, 0.15) is 33.1 Å². The minimum atomic E-state index is -0.454. The number of benzene rings is 2. The summed E-state index contributed by atoms with van der Waals surface area (Å²) in [6.45, 7) is 7.76. The number of para-hydroxylation sites is 2. The summed E-state index contributed by atoms with van der Waals surface area (Å²) in [6.07, 6.45) is 3.14. The molecule has 12 nitrogen and oxygen atoms in total. The molecule has 0 aliphatic heterocycles. The summed E-state index contributed by atoms with van der Waals surface area (Å²) in [5.41, 5.74) is 1.58. The summed E-state index contributed by atoms with van der Waals surface area (Å²) < 4.78 is 32.9. The lowest BCUT2D eigenvalue weighted by Gasteiger charge is -2.11. The molecule has 0 aliphatic carbocycles. The fourth-order valence-corrected chi connectivity index (χ4v) is 6.41. The van der Waals surface area contributed by atoms with Crippen LogP contribution in [0.5, 0.6) is 0 Å². The van der Waals surface area contributed by atoms with E-state index in [9.17, 15) is 8.78 Å². The van der Waals surface area contributed by atoms with Crippen LogP contribution in [-0.4, -0.2) is 60.0 Å². The van der Waals surface area contributed by atoms with Crippen molar-refractivity contribution in [3.05, 3.63) is 72.6 Å². The number of halogens is 2. The Balaban J connectivity index is 1.47. The van der Waals surface area contributed by atoms with Crippen molar-refractivity contribution in [1.29, 1.82) is 0 Å². The minimum absolute atomic E-state index is 0.0113. The van der Waals surface area contributed by atoms with E-state index in [1.807, 2.05) is 27.7 Å². The van der Waals surface area contributed by atoms with Crippen molar-refractivity contribution >= 4 is 21.6 Å². The van der Waals surface area contributed by atoms with Crippen molar-refractivity contribution in [2.24, 2.45) is 0 Å². The highest BCUT2D eigenvalue weighted by atomic mass is 33.1. The van der Waals surface area contributed by atoms with Crippen LogP contribution in [0.25, 0.3) is 34.2 Å². The van der Waals surface area contributed by atoms with Crippen LogP contribution in [0.15, 0.2) is 71.0 Å². The molecule has 0 radical (unpaired) electrons. The Morgan fingerprint density at radius 3 is 1.38 bits per heavy atom. The number of tetrazole rings is 2. The van der Waals surface area contributed by atoms with E-state index in [1.165, 1.54) is 52.7 Å². The zero-order valence-electron chi connectivity index (χ0n) is 22.9. The molecular weight excluding hydrogens is 583 g/mol. The summed E-state index contributed by atoms with van der Waals surface area (Å²) in [5.74, 6) is -0.244. The molecule has 0 bridgehead atoms. The van der Waals surface area contributed by atoms with Crippen LogP contribution in [0, 0.1) is 11.6 Å². The topological polar surface area (TPSA) is 123 Å². The zero-order valence-corrected chi connectivity index (χ0v) is 24.5. The molecule has 42 heavy (non-hydrogen) atoms. The van der Waals surface area contributed by atoms with Gasteiger partial charge >= 0.3 is 0 Å². The molecule has 6 rings (SSSR count). The van der Waals surface area contributed by atoms with Gasteiger partial charge < -0.3 is 0 Å². The van der Waals surface area contributed by atoms with Gasteiger partial charge in [0.2, 0.25) is 11.6 Å². The van der Waals surface area contributed by atoms with Gasteiger partial charge in [-0.2, -0.15) is 19.8 Å². The minimum Gasteiger partial charge on any atom is -0.223 e. The zero-order chi connectivity index (χ0) is 29.4. The van der Waals surface area contributed by atoms with E-state index in [1.54, 1.807) is 48.8 Å². The van der Waals surface area contributed by atoms with Gasteiger partial charge in [0.25, 0.3) is 0 Å². The third-order valence-corrected chi connectivity index (χ3v) is 8.46. The van der Waals surface area contributed by atoms with Crippen LogP contribution >= 0.6 is 21.6 Å². The summed E-state index contributed by atoms with van der Waals surface area (Å²) in [4.78, 5) is 2.98. The Morgan fingerprint density at radius 2 is 1.02 bits per heavy atom. The van der Waals surface area contributed by atoms with E-state index in [0.29, 0.717) is 32.8 Å². The van der Waals surface area contributed by atoms with Crippen LogP contribution in [0.2, 0.25) is 0 Å². The van der Waals surface area contributed by atoms with E-state index in [2.05, 4.69) is 41.0 Å². The van der Waals surface area contributed by atoms with Crippen LogP contribution in [0.1, 0.15) is 39.8 Å². The maximum absolute atomic E-state index is 15.0. The Bertz CT molecular complexity index is 1720. The molecule has 0 spiro atoms. The number of hydrogen-bond acceptors (Lipinski definition) is 10. The largest absolute Gasteiger partial charge is 0.223 e. The van der Waals surface area contributed by atoms with Crippen molar-refractivity contribution < 1.29 is 8.78 Å². The average Bonchev–Trinajstić information content (AvgIpc) is 3.78. The van der Waals surface area contributed by atoms with Crippen molar-refractivity contribution in [3.63, 3.8) is 0 Å². The molecule has 0 saturated carbocycles. The summed E-state index contributed by atoms with van der Waals surface area (Å²) in [6, 6.07) is 12.6. The lowest BCUT2D eigenvalue weighted by Crippen LogP contribution is -2.05. The van der Waals surface area contributed by atoms with Crippen molar-refractivity contribution in [1.82, 2.24) is 60.0 Å². The van der Waals surface area contributed by atoms with Crippen LogP contribution in [0.3, 0.4) is 0 Å². The maximum atomic E-state index is 15.0. The number of aromatic nitrogens is 12. The fourth-order valence-electron chi connectivity index (χ4n) is 3.91. The van der Waals surface area contributed by atoms with Crippen molar-refractivity contribution in [2.75, 3.05) is 0 Å². The third kappa shape index (κ3) is 5.18. The Labute approximate surface area is 246 Å². The number of nitrogens with zero attached hydrogens (tertiary/aromatic N) is 12. The van der Waals surface area contributed by atoms with Gasteiger partial charge in [-0.1, -0.05) is 24.3 Å². The van der Waals surface area contributed by atoms with Gasteiger partial charge in [0, 0.05) is 0 Å². The molecule has 0 aliphatic rings. The Kier molecular flexibility index (Phi) is 7.55. The van der Waals surface area contributed by atoms with E-state index in [0.717, 1.165) is 0 Å². The smallest absolute Gasteiger partial charge is 0.209 e. The van der Waals surface area contributed by atoms with Gasteiger partial charge in [-0.05, 0) is 84.0 Å². The highest BCUT2D eigenvalue weighted by molar-refractivity contribution is 8.76. The van der Waals surface area contributed by atoms with Crippen LogP contribution in [0.4, 0.5) is 8.78 Å². The Morgan fingerprint density at radius 1 is 0.619 bits per heavy atom. The molecule has 4 aromatic heterocycles. The summed E-state index contributed by atoms with van der Waals surface area (Å²) in [7, 11) is 2.52. The van der Waals surface area contributed by atoms with E-state index in [4.69, 9.17) is 0 Å². The number of rotatable bonds is 9. The second-order valence-corrected chi connectivity index (χ2v) is 11.8. The maximum Gasteiger partial charge on any atom is 0.209 e. The second-order valence-electron chi connectivity index (χ2n) is 9.67. The molecule has 0 fully saturated rings. The van der Waals surface area contributed by atoms with Gasteiger partial charge in [0.05, 0.1) is 35.6 Å². The van der Waals surface area contributed by atoms with Gasteiger partial charge in [-0.25, -0.2) is 18.1 Å². The molecule has 214 valence electrons. The molecule has 0 N–H and O–H groups in total.